The Morgan fingerprint density at radius 1 is 1.00 bits per heavy atom. The molecule has 4 heteroatoms. The molecule has 0 aliphatic carbocycles. The molecule has 1 aliphatic rings. The summed E-state index contributed by atoms with van der Waals surface area (Å²) in [5.41, 5.74) is 6.28. The lowest BCUT2D eigenvalue weighted by Crippen LogP contribution is -2.32. The quantitative estimate of drug-likeness (QED) is 0.861. The van der Waals surface area contributed by atoms with Crippen LogP contribution < -0.4 is 19.4 Å². The van der Waals surface area contributed by atoms with E-state index in [0.29, 0.717) is 0 Å². The Bertz CT molecular complexity index is 698. The van der Waals surface area contributed by atoms with Crippen molar-refractivity contribution in [2.45, 2.75) is 13.1 Å². The van der Waals surface area contributed by atoms with Crippen LogP contribution in [0.15, 0.2) is 36.4 Å². The topological polar surface area (TPSA) is 19.0 Å². The Kier molecular flexibility index (Phi) is 3.84. The average Bonchev–Trinajstić information content (AvgIpc) is 2.79. The Hall–Kier alpha value is -2.36. The average molecular weight is 311 g/mol. The molecule has 0 aromatic heterocycles. The van der Waals surface area contributed by atoms with Crippen LogP contribution in [0.1, 0.15) is 17.3 Å². The molecular formula is C19H25N3O. The molecule has 3 rings (SSSR count). The third-order valence-electron chi connectivity index (χ3n) is 4.69. The molecule has 1 aliphatic heterocycles. The van der Waals surface area contributed by atoms with Gasteiger partial charge < -0.3 is 19.4 Å². The molecule has 0 amide bonds. The minimum Gasteiger partial charge on any atom is -0.497 e. The number of aryl methyl sites for hydroxylation is 1. The summed E-state index contributed by atoms with van der Waals surface area (Å²) in [7, 11) is 10.2. The van der Waals surface area contributed by atoms with Crippen molar-refractivity contribution < 1.29 is 4.74 Å². The summed E-state index contributed by atoms with van der Waals surface area (Å²) in [4.78, 5) is 6.85. The van der Waals surface area contributed by atoms with Gasteiger partial charge in [0, 0.05) is 45.5 Å². The molecule has 0 saturated heterocycles. The van der Waals surface area contributed by atoms with Gasteiger partial charge in [-0.25, -0.2) is 0 Å². The molecular weight excluding hydrogens is 286 g/mol. The zero-order valence-electron chi connectivity index (χ0n) is 14.8. The van der Waals surface area contributed by atoms with Crippen LogP contribution in [-0.4, -0.2) is 35.3 Å². The molecule has 0 fully saturated rings. The van der Waals surface area contributed by atoms with Gasteiger partial charge in [0.05, 0.1) is 18.5 Å². The van der Waals surface area contributed by atoms with Crippen molar-refractivity contribution in [3.05, 3.63) is 47.5 Å². The maximum atomic E-state index is 5.47. The first-order chi connectivity index (χ1) is 11.0. The van der Waals surface area contributed by atoms with E-state index in [1.54, 1.807) is 7.11 Å². The largest absolute Gasteiger partial charge is 0.497 e. The monoisotopic (exact) mass is 311 g/mol. The Morgan fingerprint density at radius 3 is 2.04 bits per heavy atom. The maximum absolute atomic E-state index is 5.47. The molecule has 0 atom stereocenters. The van der Waals surface area contributed by atoms with Crippen molar-refractivity contribution in [2.24, 2.45) is 0 Å². The summed E-state index contributed by atoms with van der Waals surface area (Å²) in [6.07, 6.45) is 0.177. The third kappa shape index (κ3) is 2.38. The van der Waals surface area contributed by atoms with Gasteiger partial charge in [-0.05, 0) is 30.7 Å². The predicted molar refractivity (Wildman–Crippen MR) is 98.0 cm³/mol. The number of nitrogens with zero attached hydrogens (tertiary/aromatic N) is 3. The number of benzene rings is 2. The number of para-hydroxylation sites is 2. The van der Waals surface area contributed by atoms with Crippen LogP contribution >= 0.6 is 0 Å². The molecule has 0 unspecified atom stereocenters. The minimum absolute atomic E-state index is 0.177. The van der Waals surface area contributed by atoms with Gasteiger partial charge in [-0.15, -0.1) is 0 Å². The summed E-state index contributed by atoms with van der Waals surface area (Å²) in [5, 5.41) is 0. The minimum atomic E-state index is 0.177. The normalized spacial score (nSPS) is 14.2. The van der Waals surface area contributed by atoms with Crippen LogP contribution in [0.2, 0.25) is 0 Å². The van der Waals surface area contributed by atoms with Gasteiger partial charge in [-0.1, -0.05) is 12.1 Å². The first kappa shape index (κ1) is 15.5. The summed E-state index contributed by atoms with van der Waals surface area (Å²) in [5.74, 6) is 0.899. The van der Waals surface area contributed by atoms with E-state index >= 15 is 0 Å². The van der Waals surface area contributed by atoms with E-state index in [0.717, 1.165) is 5.75 Å². The Balaban J connectivity index is 2.16. The van der Waals surface area contributed by atoms with E-state index in [9.17, 15) is 0 Å². The SMILES string of the molecule is COc1cc(C)c(C2N(C)c3ccccc3N2C)c(N(C)C)c1. The number of rotatable bonds is 3. The third-order valence-corrected chi connectivity index (χ3v) is 4.69. The second-order valence-corrected chi connectivity index (χ2v) is 6.36. The number of anilines is 3. The highest BCUT2D eigenvalue weighted by molar-refractivity contribution is 5.79. The highest BCUT2D eigenvalue weighted by atomic mass is 16.5. The molecule has 0 spiro atoms. The molecule has 23 heavy (non-hydrogen) atoms. The second kappa shape index (κ2) is 5.69. The summed E-state index contributed by atoms with van der Waals surface area (Å²) in [6, 6.07) is 12.8. The van der Waals surface area contributed by atoms with E-state index < -0.39 is 0 Å². The van der Waals surface area contributed by atoms with Gasteiger partial charge in [0.15, 0.2) is 0 Å². The Morgan fingerprint density at radius 2 is 1.57 bits per heavy atom. The fraction of sp³-hybridized carbons (Fsp3) is 0.368. The molecule has 2 aromatic carbocycles. The van der Waals surface area contributed by atoms with Gasteiger partial charge >= 0.3 is 0 Å². The maximum Gasteiger partial charge on any atom is 0.130 e. The summed E-state index contributed by atoms with van der Waals surface area (Å²) >= 11 is 0. The molecule has 4 nitrogen and oxygen atoms in total. The predicted octanol–water partition coefficient (Wildman–Crippen LogP) is 3.65. The van der Waals surface area contributed by atoms with Gasteiger partial charge in [-0.3, -0.25) is 0 Å². The van der Waals surface area contributed by atoms with E-state index in [-0.39, 0.29) is 6.17 Å². The molecule has 2 aromatic rings. The fourth-order valence-electron chi connectivity index (χ4n) is 3.54. The number of hydrogen-bond donors (Lipinski definition) is 0. The number of fused-ring (bicyclic) bond motifs is 1. The van der Waals surface area contributed by atoms with Crippen LogP contribution in [0.5, 0.6) is 5.75 Å². The molecule has 122 valence electrons. The molecule has 0 radical (unpaired) electrons. The van der Waals surface area contributed by atoms with Crippen molar-refractivity contribution >= 4 is 17.1 Å². The van der Waals surface area contributed by atoms with Crippen molar-refractivity contribution in [3.63, 3.8) is 0 Å². The van der Waals surface area contributed by atoms with Gasteiger partial charge in [-0.2, -0.15) is 0 Å². The van der Waals surface area contributed by atoms with E-state index in [4.69, 9.17) is 4.74 Å². The highest BCUT2D eigenvalue weighted by Gasteiger charge is 2.35. The zero-order valence-corrected chi connectivity index (χ0v) is 14.8. The summed E-state index contributed by atoms with van der Waals surface area (Å²) in [6.45, 7) is 2.16. The van der Waals surface area contributed by atoms with Crippen molar-refractivity contribution in [3.8, 4) is 5.75 Å². The standard InChI is InChI=1S/C19H25N3O/c1-13-11-14(23-6)12-17(20(2)3)18(13)19-21(4)15-9-7-8-10-16(15)22(19)5/h7-12,19H,1-6H3. The van der Waals surface area contributed by atoms with Gasteiger partial charge in [0.2, 0.25) is 0 Å². The van der Waals surface area contributed by atoms with Crippen molar-refractivity contribution in [1.82, 2.24) is 0 Å². The van der Waals surface area contributed by atoms with E-state index in [1.165, 1.54) is 28.2 Å². The first-order valence-corrected chi connectivity index (χ1v) is 7.86. The molecule has 0 N–H and O–H groups in total. The molecule has 1 heterocycles. The van der Waals surface area contributed by atoms with Crippen LogP contribution in [-0.2, 0) is 0 Å². The molecule has 0 bridgehead atoms. The van der Waals surface area contributed by atoms with Crippen LogP contribution in [0, 0.1) is 6.92 Å². The van der Waals surface area contributed by atoms with E-state index in [1.807, 2.05) is 0 Å². The van der Waals surface area contributed by atoms with Gasteiger partial charge in [0.1, 0.15) is 11.9 Å². The highest BCUT2D eigenvalue weighted by Crippen LogP contribution is 2.47. The van der Waals surface area contributed by atoms with E-state index in [2.05, 4.69) is 86.2 Å². The number of ether oxygens (including phenoxy) is 1. The molecule has 0 saturated carbocycles. The lowest BCUT2D eigenvalue weighted by molar-refractivity contribution is 0.414. The lowest BCUT2D eigenvalue weighted by atomic mass is 10.0. The fourth-order valence-corrected chi connectivity index (χ4v) is 3.54. The Labute approximate surface area is 138 Å². The number of methoxy groups -OCH3 is 1. The van der Waals surface area contributed by atoms with Crippen LogP contribution in [0.3, 0.4) is 0 Å². The zero-order chi connectivity index (χ0) is 16.7. The lowest BCUT2D eigenvalue weighted by Gasteiger charge is -2.33. The number of hydrogen-bond acceptors (Lipinski definition) is 4. The van der Waals surface area contributed by atoms with Crippen LogP contribution in [0.4, 0.5) is 17.1 Å². The summed E-state index contributed by atoms with van der Waals surface area (Å²) < 4.78 is 5.47. The first-order valence-electron chi connectivity index (χ1n) is 7.86. The van der Waals surface area contributed by atoms with Crippen molar-refractivity contribution in [1.29, 1.82) is 0 Å². The van der Waals surface area contributed by atoms with Gasteiger partial charge in [0.25, 0.3) is 0 Å². The smallest absolute Gasteiger partial charge is 0.130 e. The second-order valence-electron chi connectivity index (χ2n) is 6.36. The van der Waals surface area contributed by atoms with Crippen molar-refractivity contribution in [2.75, 3.05) is 50.0 Å². The van der Waals surface area contributed by atoms with Crippen LogP contribution in [0.25, 0.3) is 0 Å².